The number of benzene rings is 3. The molecule has 0 aliphatic heterocycles. The molecule has 3 aromatic carbocycles. The average molecular weight is 474 g/mol. The number of carbonyl (C=O) groups is 1. The van der Waals surface area contributed by atoms with Gasteiger partial charge in [0.1, 0.15) is 5.25 Å². The second kappa shape index (κ2) is 10.7. The van der Waals surface area contributed by atoms with E-state index >= 15 is 0 Å². The molecule has 0 aliphatic rings. The number of anilines is 1. The summed E-state index contributed by atoms with van der Waals surface area (Å²) in [6.07, 6.45) is 0. The summed E-state index contributed by atoms with van der Waals surface area (Å²) in [5.41, 5.74) is 4.11. The van der Waals surface area contributed by atoms with Gasteiger partial charge in [0, 0.05) is 12.8 Å². The van der Waals surface area contributed by atoms with Crippen LogP contribution in [-0.4, -0.2) is 29.2 Å². The zero-order chi connectivity index (χ0) is 24.1. The predicted octanol–water partition coefficient (Wildman–Crippen LogP) is 5.13. The molecule has 0 spiro atoms. The lowest BCUT2D eigenvalue weighted by Crippen LogP contribution is -2.27. The van der Waals surface area contributed by atoms with Gasteiger partial charge in [-0.05, 0) is 48.7 Å². The second-order valence-corrected chi connectivity index (χ2v) is 9.15. The van der Waals surface area contributed by atoms with E-state index in [1.807, 2.05) is 80.6 Å². The first-order chi connectivity index (χ1) is 16.5. The zero-order valence-corrected chi connectivity index (χ0v) is 20.3. The minimum Gasteiger partial charge on any atom is -0.383 e. The molecule has 4 aromatic rings. The summed E-state index contributed by atoms with van der Waals surface area (Å²) in [6, 6.07) is 22.8. The van der Waals surface area contributed by atoms with Crippen LogP contribution in [0.1, 0.15) is 21.9 Å². The van der Waals surface area contributed by atoms with Crippen molar-refractivity contribution in [3.05, 3.63) is 99.8 Å². The number of methoxy groups -OCH3 is 1. The van der Waals surface area contributed by atoms with Crippen LogP contribution in [-0.2, 0) is 16.1 Å². The van der Waals surface area contributed by atoms with E-state index in [0.29, 0.717) is 29.2 Å². The van der Waals surface area contributed by atoms with E-state index in [9.17, 15) is 9.59 Å². The topological polar surface area (TPSA) is 73.2 Å². The minimum atomic E-state index is -0.608. The SMILES string of the molecule is COCCn1c(S[C@H](C(=O)Nc2cc(C)ccc2C)c2ccccc2)nc2ccccc2c1=O. The van der Waals surface area contributed by atoms with Crippen molar-refractivity contribution in [1.82, 2.24) is 9.55 Å². The molecule has 1 N–H and O–H groups in total. The molecule has 0 unspecified atom stereocenters. The van der Waals surface area contributed by atoms with Crippen LogP contribution in [0.3, 0.4) is 0 Å². The van der Waals surface area contributed by atoms with Gasteiger partial charge in [-0.15, -0.1) is 0 Å². The highest BCUT2D eigenvalue weighted by Gasteiger charge is 2.25. The van der Waals surface area contributed by atoms with Crippen molar-refractivity contribution < 1.29 is 9.53 Å². The van der Waals surface area contributed by atoms with Crippen molar-refractivity contribution in [1.29, 1.82) is 0 Å². The van der Waals surface area contributed by atoms with Gasteiger partial charge in [-0.25, -0.2) is 4.98 Å². The zero-order valence-electron chi connectivity index (χ0n) is 19.4. The third-order valence-electron chi connectivity index (χ3n) is 5.56. The van der Waals surface area contributed by atoms with Crippen molar-refractivity contribution in [3.63, 3.8) is 0 Å². The molecule has 34 heavy (non-hydrogen) atoms. The van der Waals surface area contributed by atoms with Gasteiger partial charge in [-0.1, -0.05) is 66.4 Å². The fourth-order valence-electron chi connectivity index (χ4n) is 3.69. The molecule has 0 radical (unpaired) electrons. The normalized spacial score (nSPS) is 12.0. The first-order valence-electron chi connectivity index (χ1n) is 11.1. The number of hydrogen-bond acceptors (Lipinski definition) is 5. The summed E-state index contributed by atoms with van der Waals surface area (Å²) >= 11 is 1.27. The van der Waals surface area contributed by atoms with Gasteiger partial charge in [-0.2, -0.15) is 0 Å². The molecule has 0 bridgehead atoms. The van der Waals surface area contributed by atoms with Crippen LogP contribution < -0.4 is 10.9 Å². The third kappa shape index (κ3) is 5.21. The van der Waals surface area contributed by atoms with Gasteiger partial charge in [0.15, 0.2) is 5.16 Å². The molecule has 1 atom stereocenters. The van der Waals surface area contributed by atoms with Crippen LogP contribution in [0.5, 0.6) is 0 Å². The average Bonchev–Trinajstić information content (AvgIpc) is 2.85. The van der Waals surface area contributed by atoms with Gasteiger partial charge in [0.25, 0.3) is 5.56 Å². The van der Waals surface area contributed by atoms with Crippen molar-refractivity contribution in [2.45, 2.75) is 30.8 Å². The van der Waals surface area contributed by atoms with E-state index in [-0.39, 0.29) is 11.5 Å². The second-order valence-electron chi connectivity index (χ2n) is 8.08. The Kier molecular flexibility index (Phi) is 7.45. The number of rotatable bonds is 8. The summed E-state index contributed by atoms with van der Waals surface area (Å²) in [5.74, 6) is -0.175. The van der Waals surface area contributed by atoms with Gasteiger partial charge in [0.05, 0.1) is 24.1 Å². The Morgan fingerprint density at radius 1 is 1.06 bits per heavy atom. The Morgan fingerprint density at radius 3 is 2.56 bits per heavy atom. The number of aromatic nitrogens is 2. The number of carbonyl (C=O) groups excluding carboxylic acids is 1. The van der Waals surface area contributed by atoms with Crippen LogP contribution >= 0.6 is 11.8 Å². The van der Waals surface area contributed by atoms with E-state index < -0.39 is 5.25 Å². The van der Waals surface area contributed by atoms with E-state index in [2.05, 4.69) is 5.32 Å². The van der Waals surface area contributed by atoms with Crippen molar-refractivity contribution in [2.75, 3.05) is 19.0 Å². The number of fused-ring (bicyclic) bond motifs is 1. The highest BCUT2D eigenvalue weighted by Crippen LogP contribution is 2.36. The predicted molar refractivity (Wildman–Crippen MR) is 137 cm³/mol. The monoisotopic (exact) mass is 473 g/mol. The highest BCUT2D eigenvalue weighted by atomic mass is 32.2. The van der Waals surface area contributed by atoms with Gasteiger partial charge >= 0.3 is 0 Å². The number of nitrogens with zero attached hydrogens (tertiary/aromatic N) is 2. The third-order valence-corrected chi connectivity index (χ3v) is 6.80. The van der Waals surface area contributed by atoms with Crippen LogP contribution in [0.2, 0.25) is 0 Å². The van der Waals surface area contributed by atoms with Crippen LogP contribution in [0, 0.1) is 13.8 Å². The first kappa shape index (κ1) is 23.7. The maximum Gasteiger partial charge on any atom is 0.262 e. The molecule has 0 saturated heterocycles. The Balaban J connectivity index is 1.77. The Hall–Kier alpha value is -3.42. The van der Waals surface area contributed by atoms with Gasteiger partial charge in [0.2, 0.25) is 5.91 Å². The Morgan fingerprint density at radius 2 is 1.79 bits per heavy atom. The molecule has 7 heteroatoms. The highest BCUT2D eigenvalue weighted by molar-refractivity contribution is 8.00. The molecule has 1 amide bonds. The molecule has 4 rings (SSSR count). The molecule has 0 saturated carbocycles. The largest absolute Gasteiger partial charge is 0.383 e. The van der Waals surface area contributed by atoms with Crippen molar-refractivity contribution in [2.24, 2.45) is 0 Å². The molecule has 0 fully saturated rings. The lowest BCUT2D eigenvalue weighted by molar-refractivity contribution is -0.115. The van der Waals surface area contributed by atoms with Crippen LogP contribution in [0.4, 0.5) is 5.69 Å². The summed E-state index contributed by atoms with van der Waals surface area (Å²) in [4.78, 5) is 31.6. The number of aryl methyl sites for hydroxylation is 2. The number of amides is 1. The Labute approximate surface area is 203 Å². The summed E-state index contributed by atoms with van der Waals surface area (Å²) in [5, 5.41) is 3.49. The first-order valence-corrected chi connectivity index (χ1v) is 11.9. The number of nitrogens with one attached hydrogen (secondary N) is 1. The summed E-state index contributed by atoms with van der Waals surface area (Å²) in [7, 11) is 1.59. The molecular weight excluding hydrogens is 446 g/mol. The molecule has 174 valence electrons. The van der Waals surface area contributed by atoms with Gasteiger partial charge < -0.3 is 10.1 Å². The maximum absolute atomic E-state index is 13.6. The van der Waals surface area contributed by atoms with Crippen LogP contribution in [0.15, 0.2) is 82.7 Å². The molecule has 6 nitrogen and oxygen atoms in total. The lowest BCUT2D eigenvalue weighted by atomic mass is 10.1. The van der Waals surface area contributed by atoms with Crippen LogP contribution in [0.25, 0.3) is 10.9 Å². The number of hydrogen-bond donors (Lipinski definition) is 1. The summed E-state index contributed by atoms with van der Waals surface area (Å²) in [6.45, 7) is 4.66. The lowest BCUT2D eigenvalue weighted by Gasteiger charge is -2.20. The smallest absolute Gasteiger partial charge is 0.262 e. The maximum atomic E-state index is 13.6. The van der Waals surface area contributed by atoms with E-state index in [1.165, 1.54) is 11.8 Å². The fraction of sp³-hybridized carbons (Fsp3) is 0.222. The summed E-state index contributed by atoms with van der Waals surface area (Å²) < 4.78 is 6.83. The molecule has 1 aromatic heterocycles. The van der Waals surface area contributed by atoms with Gasteiger partial charge in [-0.3, -0.25) is 14.2 Å². The molecule has 0 aliphatic carbocycles. The number of ether oxygens (including phenoxy) is 1. The molecular formula is C27H27N3O3S. The van der Waals surface area contributed by atoms with E-state index in [4.69, 9.17) is 9.72 Å². The minimum absolute atomic E-state index is 0.146. The quantitative estimate of drug-likeness (QED) is 0.284. The fourth-order valence-corrected chi connectivity index (χ4v) is 4.81. The standard InChI is InChI=1S/C27H27N3O3S/c1-18-13-14-19(2)23(17-18)28-25(31)24(20-9-5-4-6-10-20)34-27-29-22-12-8-7-11-21(22)26(32)30(27)15-16-33-3/h4-14,17,24H,15-16H2,1-3H3,(H,28,31)/t24-/m0/s1. The van der Waals surface area contributed by atoms with E-state index in [1.54, 1.807) is 17.7 Å². The number of para-hydroxylation sites is 1. The number of thioether (sulfide) groups is 1. The molecule has 1 heterocycles. The Bertz CT molecular complexity index is 1370. The van der Waals surface area contributed by atoms with Crippen molar-refractivity contribution in [3.8, 4) is 0 Å². The van der Waals surface area contributed by atoms with E-state index in [0.717, 1.165) is 22.4 Å². The van der Waals surface area contributed by atoms with Crippen molar-refractivity contribution >= 4 is 34.3 Å².